The predicted molar refractivity (Wildman–Crippen MR) is 88.1 cm³/mol. The number of pyridine rings is 1. The summed E-state index contributed by atoms with van der Waals surface area (Å²) in [4.78, 5) is 4.71. The van der Waals surface area contributed by atoms with Crippen molar-refractivity contribution in [3.05, 3.63) is 54.2 Å². The smallest absolute Gasteiger partial charge is 0.0787 e. The molecular weight excluding hydrogens is 262 g/mol. The average Bonchev–Trinajstić information content (AvgIpc) is 2.85. The van der Waals surface area contributed by atoms with Gasteiger partial charge < -0.3 is 0 Å². The number of aromatic nitrogens is 1. The van der Waals surface area contributed by atoms with Gasteiger partial charge >= 0.3 is 0 Å². The molecule has 0 amide bonds. The fourth-order valence-electron chi connectivity index (χ4n) is 3.28. The van der Waals surface area contributed by atoms with Crippen LogP contribution in [0.15, 0.2) is 48.7 Å². The van der Waals surface area contributed by atoms with E-state index in [-0.39, 0.29) is 0 Å². The van der Waals surface area contributed by atoms with Crippen LogP contribution in [-0.2, 0) is 0 Å². The predicted octanol–water partition coefficient (Wildman–Crippen LogP) is 5.50. The summed E-state index contributed by atoms with van der Waals surface area (Å²) in [7, 11) is 0. The van der Waals surface area contributed by atoms with E-state index in [1.807, 2.05) is 17.5 Å². The lowest BCUT2D eigenvalue weighted by Crippen LogP contribution is -1.86. The number of aryl methyl sites for hydroxylation is 1. The van der Waals surface area contributed by atoms with Gasteiger partial charge in [-0.15, -0.1) is 11.3 Å². The number of hydrogen-bond donors (Lipinski definition) is 0. The van der Waals surface area contributed by atoms with Crippen LogP contribution in [-0.4, -0.2) is 4.98 Å². The van der Waals surface area contributed by atoms with Gasteiger partial charge in [0.25, 0.3) is 0 Å². The molecule has 2 aromatic heterocycles. The van der Waals surface area contributed by atoms with Crippen molar-refractivity contribution in [2.45, 2.75) is 6.92 Å². The van der Waals surface area contributed by atoms with Gasteiger partial charge in [-0.2, -0.15) is 0 Å². The van der Waals surface area contributed by atoms with E-state index in [4.69, 9.17) is 4.98 Å². The Balaban J connectivity index is 2.30. The van der Waals surface area contributed by atoms with E-state index >= 15 is 0 Å². The molecule has 5 aromatic rings. The molecular formula is C18H11NS. The van der Waals surface area contributed by atoms with Crippen LogP contribution in [0.25, 0.3) is 41.8 Å². The molecule has 0 fully saturated rings. The lowest BCUT2D eigenvalue weighted by atomic mass is 9.97. The first-order valence-corrected chi connectivity index (χ1v) is 7.56. The Morgan fingerprint density at radius 1 is 0.850 bits per heavy atom. The number of thiophene rings is 1. The molecule has 2 heteroatoms. The Morgan fingerprint density at radius 3 is 2.35 bits per heavy atom. The third kappa shape index (κ3) is 1.15. The molecule has 3 aromatic carbocycles. The summed E-state index contributed by atoms with van der Waals surface area (Å²) in [5.41, 5.74) is 2.34. The molecule has 20 heavy (non-hydrogen) atoms. The van der Waals surface area contributed by atoms with Gasteiger partial charge in [0.1, 0.15) is 0 Å². The van der Waals surface area contributed by atoms with E-state index in [0.717, 1.165) is 5.52 Å². The molecule has 0 aliphatic carbocycles. The van der Waals surface area contributed by atoms with Crippen molar-refractivity contribution in [3.63, 3.8) is 0 Å². The molecule has 0 atom stereocenters. The maximum absolute atomic E-state index is 4.71. The van der Waals surface area contributed by atoms with Crippen LogP contribution in [0, 0.1) is 6.92 Å². The highest BCUT2D eigenvalue weighted by Gasteiger charge is 2.15. The summed E-state index contributed by atoms with van der Waals surface area (Å²) >= 11 is 1.88. The van der Waals surface area contributed by atoms with Crippen LogP contribution in [0.5, 0.6) is 0 Å². The van der Waals surface area contributed by atoms with Gasteiger partial charge in [-0.1, -0.05) is 24.3 Å². The van der Waals surface area contributed by atoms with Crippen molar-refractivity contribution in [1.29, 1.82) is 0 Å². The molecule has 0 bridgehead atoms. The molecule has 0 aliphatic heterocycles. The van der Waals surface area contributed by atoms with E-state index in [1.54, 1.807) is 0 Å². The lowest BCUT2D eigenvalue weighted by Gasteiger charge is -2.08. The molecule has 0 N–H and O–H groups in total. The van der Waals surface area contributed by atoms with E-state index in [1.165, 1.54) is 41.9 Å². The van der Waals surface area contributed by atoms with Gasteiger partial charge in [0.05, 0.1) is 5.52 Å². The summed E-state index contributed by atoms with van der Waals surface area (Å²) in [6, 6.07) is 15.4. The minimum absolute atomic E-state index is 1.12. The van der Waals surface area contributed by atoms with E-state index in [0.29, 0.717) is 0 Å². The zero-order valence-electron chi connectivity index (χ0n) is 11.0. The average molecular weight is 273 g/mol. The summed E-state index contributed by atoms with van der Waals surface area (Å²) < 4.78 is 2.73. The number of rotatable bonds is 0. The zero-order valence-corrected chi connectivity index (χ0v) is 11.8. The second-order valence-electron chi connectivity index (χ2n) is 5.37. The number of hydrogen-bond acceptors (Lipinski definition) is 2. The van der Waals surface area contributed by atoms with Crippen molar-refractivity contribution in [3.8, 4) is 0 Å². The van der Waals surface area contributed by atoms with Gasteiger partial charge in [0.15, 0.2) is 0 Å². The second kappa shape index (κ2) is 3.47. The summed E-state index contributed by atoms with van der Waals surface area (Å²) in [6.45, 7) is 2.11. The largest absolute Gasteiger partial charge is 0.255 e. The number of benzene rings is 3. The minimum Gasteiger partial charge on any atom is -0.255 e. The normalized spacial score (nSPS) is 12.2. The molecule has 5 rings (SSSR count). The molecule has 94 valence electrons. The molecule has 0 aliphatic rings. The van der Waals surface area contributed by atoms with Crippen molar-refractivity contribution in [1.82, 2.24) is 4.98 Å². The van der Waals surface area contributed by atoms with Crippen molar-refractivity contribution in [2.24, 2.45) is 0 Å². The van der Waals surface area contributed by atoms with Gasteiger partial charge in [0.2, 0.25) is 0 Å². The van der Waals surface area contributed by atoms with Gasteiger partial charge in [-0.3, -0.25) is 4.98 Å². The monoisotopic (exact) mass is 273 g/mol. The fraction of sp³-hybridized carbons (Fsp3) is 0.0556. The van der Waals surface area contributed by atoms with Crippen LogP contribution >= 0.6 is 11.3 Å². The SMILES string of the molecule is Cc1cnc2c(c1)c1cccc3sc4cccc2c4c31. The molecule has 2 heterocycles. The summed E-state index contributed by atoms with van der Waals surface area (Å²) in [5, 5.41) is 6.67. The zero-order chi connectivity index (χ0) is 13.3. The van der Waals surface area contributed by atoms with Crippen molar-refractivity contribution in [2.75, 3.05) is 0 Å². The topological polar surface area (TPSA) is 12.9 Å². The quantitative estimate of drug-likeness (QED) is 0.339. The van der Waals surface area contributed by atoms with Crippen LogP contribution in [0.1, 0.15) is 5.56 Å². The van der Waals surface area contributed by atoms with Gasteiger partial charge in [-0.25, -0.2) is 0 Å². The molecule has 0 spiro atoms. The van der Waals surface area contributed by atoms with E-state index in [9.17, 15) is 0 Å². The Bertz CT molecular complexity index is 1100. The van der Waals surface area contributed by atoms with Gasteiger partial charge in [0, 0.05) is 37.1 Å². The van der Waals surface area contributed by atoms with E-state index < -0.39 is 0 Å². The Morgan fingerprint density at radius 2 is 1.55 bits per heavy atom. The van der Waals surface area contributed by atoms with Crippen LogP contribution in [0.3, 0.4) is 0 Å². The summed E-state index contributed by atoms with van der Waals surface area (Å²) in [5.74, 6) is 0. The van der Waals surface area contributed by atoms with E-state index in [2.05, 4.69) is 49.4 Å². The maximum Gasteiger partial charge on any atom is 0.0787 e. The standard InChI is InChI=1S/C18H11NS/c1-10-8-13-11-4-2-6-14-16(11)17-12(18(13)19-9-10)5-3-7-15(17)20-14/h2-9H,1H3. The molecule has 0 radical (unpaired) electrons. The first-order valence-electron chi connectivity index (χ1n) is 6.74. The second-order valence-corrected chi connectivity index (χ2v) is 6.45. The Kier molecular flexibility index (Phi) is 1.83. The van der Waals surface area contributed by atoms with Crippen LogP contribution < -0.4 is 0 Å². The minimum atomic E-state index is 1.12. The first-order chi connectivity index (χ1) is 9.83. The third-order valence-electron chi connectivity index (χ3n) is 4.09. The highest BCUT2D eigenvalue weighted by molar-refractivity contribution is 7.26. The van der Waals surface area contributed by atoms with Crippen molar-refractivity contribution < 1.29 is 0 Å². The molecule has 0 unspecified atom stereocenters. The number of fused-ring (bicyclic) bond motifs is 3. The third-order valence-corrected chi connectivity index (χ3v) is 5.21. The highest BCUT2D eigenvalue weighted by atomic mass is 32.1. The Labute approximate surface area is 119 Å². The fourth-order valence-corrected chi connectivity index (χ4v) is 4.44. The summed E-state index contributed by atoms with van der Waals surface area (Å²) in [6.07, 6.45) is 1.97. The highest BCUT2D eigenvalue weighted by Crippen LogP contribution is 2.44. The molecule has 0 saturated carbocycles. The lowest BCUT2D eigenvalue weighted by molar-refractivity contribution is 1.35. The van der Waals surface area contributed by atoms with Crippen LogP contribution in [0.2, 0.25) is 0 Å². The van der Waals surface area contributed by atoms with Crippen LogP contribution in [0.4, 0.5) is 0 Å². The molecule has 1 nitrogen and oxygen atoms in total. The Hall–Kier alpha value is -2.19. The number of nitrogens with zero attached hydrogens (tertiary/aromatic N) is 1. The van der Waals surface area contributed by atoms with Crippen molar-refractivity contribution >= 4 is 53.2 Å². The molecule has 0 saturated heterocycles. The first kappa shape index (κ1) is 10.6. The maximum atomic E-state index is 4.71. The van der Waals surface area contributed by atoms with Gasteiger partial charge in [-0.05, 0) is 36.1 Å².